The van der Waals surface area contributed by atoms with Crippen molar-refractivity contribution in [3.05, 3.63) is 42.0 Å². The molecule has 1 heterocycles. The van der Waals surface area contributed by atoms with Crippen LogP contribution in [0.25, 0.3) is 0 Å². The predicted molar refractivity (Wildman–Crippen MR) is 78.8 cm³/mol. The van der Waals surface area contributed by atoms with Crippen LogP contribution in [0.5, 0.6) is 0 Å². The molecule has 0 saturated heterocycles. The minimum atomic E-state index is -3.55. The van der Waals surface area contributed by atoms with Gasteiger partial charge in [-0.15, -0.1) is 0 Å². The number of benzene rings is 1. The second-order valence-electron chi connectivity index (χ2n) is 4.70. The molecule has 0 aliphatic carbocycles. The molecule has 0 fully saturated rings. The molecule has 1 aromatic heterocycles. The van der Waals surface area contributed by atoms with Gasteiger partial charge in [0.05, 0.1) is 11.4 Å². The first kappa shape index (κ1) is 15.6. The topological polar surface area (TPSA) is 103 Å². The van der Waals surface area contributed by atoms with E-state index in [1.807, 2.05) is 12.1 Å². The summed E-state index contributed by atoms with van der Waals surface area (Å²) in [6.45, 7) is 0.691. The van der Waals surface area contributed by atoms with Crippen molar-refractivity contribution in [2.45, 2.75) is 24.3 Å². The van der Waals surface area contributed by atoms with Crippen LogP contribution in [-0.4, -0.2) is 29.7 Å². The van der Waals surface area contributed by atoms with E-state index in [0.717, 1.165) is 18.4 Å². The van der Waals surface area contributed by atoms with Gasteiger partial charge in [-0.1, -0.05) is 12.1 Å². The maximum Gasteiger partial charge on any atom is 0.240 e. The molecule has 0 bridgehead atoms. The number of rotatable bonds is 7. The summed E-state index contributed by atoms with van der Waals surface area (Å²) in [5.41, 5.74) is 6.53. The maximum absolute atomic E-state index is 12.1. The van der Waals surface area contributed by atoms with E-state index in [1.165, 1.54) is 11.0 Å². The molecule has 2 aromatic rings. The number of aromatic nitrogens is 3. The van der Waals surface area contributed by atoms with Crippen molar-refractivity contribution in [3.63, 3.8) is 0 Å². The lowest BCUT2D eigenvalue weighted by Gasteiger charge is -2.06. The highest BCUT2D eigenvalue weighted by Crippen LogP contribution is 2.12. The highest BCUT2D eigenvalue weighted by atomic mass is 32.2. The van der Waals surface area contributed by atoms with Crippen molar-refractivity contribution in [1.82, 2.24) is 19.5 Å². The Balaban J connectivity index is 2.01. The second kappa shape index (κ2) is 6.79. The second-order valence-corrected chi connectivity index (χ2v) is 6.46. The van der Waals surface area contributed by atoms with E-state index < -0.39 is 10.0 Å². The number of hydrogen-bond acceptors (Lipinski definition) is 5. The van der Waals surface area contributed by atoms with Gasteiger partial charge in [0, 0.05) is 7.05 Å². The summed E-state index contributed by atoms with van der Waals surface area (Å²) >= 11 is 0. The Morgan fingerprint density at radius 2 is 2.00 bits per heavy atom. The summed E-state index contributed by atoms with van der Waals surface area (Å²) in [6, 6.07) is 6.81. The fourth-order valence-electron chi connectivity index (χ4n) is 1.85. The van der Waals surface area contributed by atoms with Crippen LogP contribution in [0.4, 0.5) is 0 Å². The van der Waals surface area contributed by atoms with Crippen LogP contribution in [-0.2, 0) is 30.0 Å². The largest absolute Gasteiger partial charge is 0.330 e. The fourth-order valence-corrected chi connectivity index (χ4v) is 2.83. The molecular weight excluding hydrogens is 290 g/mol. The van der Waals surface area contributed by atoms with E-state index >= 15 is 0 Å². The Morgan fingerprint density at radius 3 is 2.57 bits per heavy atom. The van der Waals surface area contributed by atoms with Crippen LogP contribution in [0.1, 0.15) is 17.8 Å². The van der Waals surface area contributed by atoms with E-state index in [4.69, 9.17) is 5.73 Å². The number of nitrogens with zero attached hydrogens (tertiary/aromatic N) is 3. The van der Waals surface area contributed by atoms with Crippen molar-refractivity contribution in [2.24, 2.45) is 12.8 Å². The average Bonchev–Trinajstić information content (AvgIpc) is 2.89. The molecule has 7 nitrogen and oxygen atoms in total. The third-order valence-electron chi connectivity index (χ3n) is 2.97. The summed E-state index contributed by atoms with van der Waals surface area (Å²) in [5.74, 6) is 0.431. The van der Waals surface area contributed by atoms with Gasteiger partial charge in [0.15, 0.2) is 5.82 Å². The van der Waals surface area contributed by atoms with E-state index in [2.05, 4.69) is 14.8 Å². The van der Waals surface area contributed by atoms with Crippen LogP contribution >= 0.6 is 0 Å². The third kappa shape index (κ3) is 4.35. The standard InChI is InChI=1S/C13H19N5O2S/c1-18-10-15-13(17-18)9-16-21(19,20)12-6-4-11(5-7-12)3-2-8-14/h4-7,10,16H,2-3,8-9,14H2,1H3. The highest BCUT2D eigenvalue weighted by Gasteiger charge is 2.14. The van der Waals surface area contributed by atoms with Crippen LogP contribution in [0.2, 0.25) is 0 Å². The molecular formula is C13H19N5O2S. The van der Waals surface area contributed by atoms with Crippen molar-refractivity contribution in [2.75, 3.05) is 6.54 Å². The monoisotopic (exact) mass is 309 g/mol. The molecule has 0 aliphatic rings. The van der Waals surface area contributed by atoms with Gasteiger partial charge in [0.25, 0.3) is 0 Å². The number of sulfonamides is 1. The summed E-state index contributed by atoms with van der Waals surface area (Å²) in [5, 5.41) is 4.02. The van der Waals surface area contributed by atoms with Gasteiger partial charge < -0.3 is 5.73 Å². The van der Waals surface area contributed by atoms with Gasteiger partial charge >= 0.3 is 0 Å². The first-order chi connectivity index (χ1) is 10.0. The highest BCUT2D eigenvalue weighted by molar-refractivity contribution is 7.89. The van der Waals surface area contributed by atoms with Gasteiger partial charge in [-0.05, 0) is 37.1 Å². The number of hydrogen-bond donors (Lipinski definition) is 2. The van der Waals surface area contributed by atoms with Crippen LogP contribution < -0.4 is 10.5 Å². The molecule has 2 rings (SSSR count). The molecule has 1 aromatic carbocycles. The SMILES string of the molecule is Cn1cnc(CNS(=O)(=O)c2ccc(CCCN)cc2)n1. The van der Waals surface area contributed by atoms with Gasteiger partial charge in [-0.2, -0.15) is 5.10 Å². The van der Waals surface area contributed by atoms with Gasteiger partial charge in [0.1, 0.15) is 6.33 Å². The lowest BCUT2D eigenvalue weighted by atomic mass is 10.1. The van der Waals surface area contributed by atoms with E-state index in [-0.39, 0.29) is 11.4 Å². The minimum absolute atomic E-state index is 0.0676. The maximum atomic E-state index is 12.1. The molecule has 8 heteroatoms. The Hall–Kier alpha value is -1.77. The fraction of sp³-hybridized carbons (Fsp3) is 0.385. The summed E-state index contributed by atoms with van der Waals surface area (Å²) in [7, 11) is -1.82. The Kier molecular flexibility index (Phi) is 5.05. The van der Waals surface area contributed by atoms with Crippen LogP contribution in [0.3, 0.4) is 0 Å². The molecule has 0 amide bonds. The zero-order chi connectivity index (χ0) is 15.3. The van der Waals surface area contributed by atoms with Crippen molar-refractivity contribution < 1.29 is 8.42 Å². The smallest absolute Gasteiger partial charge is 0.240 e. The average molecular weight is 309 g/mol. The zero-order valence-corrected chi connectivity index (χ0v) is 12.7. The molecule has 0 saturated carbocycles. The molecule has 0 unspecified atom stereocenters. The Labute approximate surface area is 124 Å². The van der Waals surface area contributed by atoms with Crippen LogP contribution in [0.15, 0.2) is 35.5 Å². The van der Waals surface area contributed by atoms with Crippen molar-refractivity contribution >= 4 is 10.0 Å². The van der Waals surface area contributed by atoms with E-state index in [1.54, 1.807) is 19.2 Å². The molecule has 114 valence electrons. The normalized spacial score (nSPS) is 11.7. The minimum Gasteiger partial charge on any atom is -0.330 e. The number of aryl methyl sites for hydroxylation is 2. The van der Waals surface area contributed by atoms with Gasteiger partial charge in [0.2, 0.25) is 10.0 Å². The summed E-state index contributed by atoms with van der Waals surface area (Å²) < 4.78 is 28.3. The summed E-state index contributed by atoms with van der Waals surface area (Å²) in [4.78, 5) is 4.20. The molecule has 0 atom stereocenters. The Morgan fingerprint density at radius 1 is 1.29 bits per heavy atom. The molecule has 21 heavy (non-hydrogen) atoms. The van der Waals surface area contributed by atoms with Crippen molar-refractivity contribution in [3.8, 4) is 0 Å². The van der Waals surface area contributed by atoms with Gasteiger partial charge in [-0.3, -0.25) is 4.68 Å². The number of nitrogens with one attached hydrogen (secondary N) is 1. The zero-order valence-electron chi connectivity index (χ0n) is 11.9. The molecule has 3 N–H and O–H groups in total. The molecule has 0 radical (unpaired) electrons. The lowest BCUT2D eigenvalue weighted by molar-refractivity contribution is 0.578. The van der Waals surface area contributed by atoms with E-state index in [0.29, 0.717) is 12.4 Å². The Bertz CT molecular complexity index is 679. The predicted octanol–water partition coefficient (Wildman–Crippen LogP) is 0.185. The first-order valence-electron chi connectivity index (χ1n) is 6.64. The van der Waals surface area contributed by atoms with E-state index in [9.17, 15) is 8.42 Å². The quantitative estimate of drug-likeness (QED) is 0.759. The number of nitrogens with two attached hydrogens (primary N) is 1. The lowest BCUT2D eigenvalue weighted by Crippen LogP contribution is -2.24. The third-order valence-corrected chi connectivity index (χ3v) is 4.39. The van der Waals surface area contributed by atoms with Crippen LogP contribution in [0, 0.1) is 0 Å². The van der Waals surface area contributed by atoms with Gasteiger partial charge in [-0.25, -0.2) is 18.1 Å². The van der Waals surface area contributed by atoms with Crippen molar-refractivity contribution in [1.29, 1.82) is 0 Å². The molecule has 0 spiro atoms. The first-order valence-corrected chi connectivity index (χ1v) is 8.13. The molecule has 0 aliphatic heterocycles. The summed E-state index contributed by atoms with van der Waals surface area (Å²) in [6.07, 6.45) is 3.26.